The second-order valence-electron chi connectivity index (χ2n) is 17.0. The number of ether oxygens (including phenoxy) is 3. The van der Waals surface area contributed by atoms with E-state index in [1.807, 2.05) is 91.0 Å². The summed E-state index contributed by atoms with van der Waals surface area (Å²) < 4.78 is 15.5. The van der Waals surface area contributed by atoms with Crippen molar-refractivity contribution in [2.45, 2.75) is 88.5 Å². The number of alkyl carbamates (subject to hydrolysis) is 1. The number of nitrogens with zero attached hydrogens (tertiary/aromatic N) is 2. The van der Waals surface area contributed by atoms with E-state index in [2.05, 4.69) is 10.6 Å². The van der Waals surface area contributed by atoms with Crippen LogP contribution in [0.5, 0.6) is 5.75 Å². The number of likely N-dealkylation sites (N-methyl/N-ethyl adjacent to an activating group) is 1. The van der Waals surface area contributed by atoms with E-state index >= 15 is 0 Å². The molecule has 0 heterocycles. The zero-order valence-corrected chi connectivity index (χ0v) is 38.1. The normalized spacial score (nSPS) is 13.0. The van der Waals surface area contributed by atoms with Gasteiger partial charge in [0, 0.05) is 32.3 Å². The van der Waals surface area contributed by atoms with Crippen LogP contribution in [0.25, 0.3) is 0 Å². The fraction of sp³-hybridized carbons (Fsp3) is 0.375. The molecule has 0 saturated heterocycles. The van der Waals surface area contributed by atoms with Crippen LogP contribution in [0.2, 0.25) is 0 Å². The van der Waals surface area contributed by atoms with Gasteiger partial charge in [-0.1, -0.05) is 103 Å². The predicted molar refractivity (Wildman–Crippen MR) is 245 cm³/mol. The summed E-state index contributed by atoms with van der Waals surface area (Å²) in [6.07, 6.45) is -1.78. The summed E-state index contributed by atoms with van der Waals surface area (Å²) in [7, 11) is 1.51. The average molecular weight is 898 g/mol. The number of carbonyl (C=O) groups is 6. The number of amides is 5. The number of hydrogen-bond acceptors (Lipinski definition) is 10. The predicted octanol–water partition coefficient (Wildman–Crippen LogP) is 6.96. The maximum atomic E-state index is 13.4. The van der Waals surface area contributed by atoms with Gasteiger partial charge in [-0.05, 0) is 82.3 Å². The Balaban J connectivity index is 1.51. The number of nitrogens with one attached hydrogen (secondary N) is 2. The lowest BCUT2D eigenvalue weighted by molar-refractivity contribution is -0.139. The molecule has 342 valence electrons. The van der Waals surface area contributed by atoms with Crippen molar-refractivity contribution in [3.8, 4) is 5.75 Å². The van der Waals surface area contributed by atoms with Crippen molar-refractivity contribution in [2.24, 2.45) is 5.73 Å². The van der Waals surface area contributed by atoms with Gasteiger partial charge < -0.3 is 45.5 Å². The number of aliphatic carboxylic acids is 1. The Bertz CT molecular complexity index is 2070. The molecule has 0 radical (unpaired) electrons. The zero-order valence-electron chi connectivity index (χ0n) is 37.3. The summed E-state index contributed by atoms with van der Waals surface area (Å²) >= 11 is 1.46. The van der Waals surface area contributed by atoms with Crippen LogP contribution in [0.4, 0.5) is 14.4 Å². The van der Waals surface area contributed by atoms with Gasteiger partial charge in [-0.2, -0.15) is 0 Å². The van der Waals surface area contributed by atoms with Crippen LogP contribution in [0.3, 0.4) is 0 Å². The van der Waals surface area contributed by atoms with E-state index in [0.29, 0.717) is 12.0 Å². The third-order valence-electron chi connectivity index (χ3n) is 9.82. The highest BCUT2D eigenvalue weighted by Gasteiger charge is 2.40. The quantitative estimate of drug-likeness (QED) is 0.0527. The summed E-state index contributed by atoms with van der Waals surface area (Å²) in [6, 6.07) is 32.5. The Hall–Kier alpha value is -6.55. The third-order valence-corrected chi connectivity index (χ3v) is 11.4. The van der Waals surface area contributed by atoms with Gasteiger partial charge in [0.25, 0.3) is 0 Å². The molecule has 0 aliphatic heterocycles. The van der Waals surface area contributed by atoms with Crippen molar-refractivity contribution in [3.63, 3.8) is 0 Å². The van der Waals surface area contributed by atoms with Gasteiger partial charge >= 0.3 is 24.2 Å². The molecule has 0 bridgehead atoms. The lowest BCUT2D eigenvalue weighted by atomic mass is 9.84. The summed E-state index contributed by atoms with van der Waals surface area (Å²) in [6.45, 7) is 10.00. The van der Waals surface area contributed by atoms with E-state index in [-0.39, 0.29) is 37.4 Å². The number of benzene rings is 4. The van der Waals surface area contributed by atoms with Crippen LogP contribution in [-0.2, 0) is 35.0 Å². The fourth-order valence-corrected chi connectivity index (χ4v) is 8.43. The summed E-state index contributed by atoms with van der Waals surface area (Å²) in [4.78, 5) is 79.3. The van der Waals surface area contributed by atoms with Gasteiger partial charge in [0.15, 0.2) is 0 Å². The zero-order chi connectivity index (χ0) is 47.1. The van der Waals surface area contributed by atoms with Gasteiger partial charge in [-0.15, -0.1) is 11.8 Å². The number of carboxylic acid groups (broad SMARTS) is 1. The number of primary amides is 1. The molecule has 0 aliphatic carbocycles. The molecule has 3 unspecified atom stereocenters. The van der Waals surface area contributed by atoms with Gasteiger partial charge in [0.1, 0.15) is 29.0 Å². The minimum Gasteiger partial charge on any atom is -0.480 e. The Morgan fingerprint density at radius 2 is 1.25 bits per heavy atom. The van der Waals surface area contributed by atoms with Crippen LogP contribution in [0.15, 0.2) is 115 Å². The SMILES string of the molecule is CN(C(=O)OC(C)(C)C)C(CCNC(=O)Oc1ccc(CC(NC(=O)OC(C)(C)C)C(=O)O)cc1)CN(C=O)C(CSC(c1ccccc1)(c1ccccc1)c1ccccc1)C(N)=O. The second kappa shape index (κ2) is 22.7. The van der Waals surface area contributed by atoms with E-state index in [1.54, 1.807) is 53.7 Å². The number of nitrogens with two attached hydrogens (primary N) is 1. The lowest BCUT2D eigenvalue weighted by Crippen LogP contribution is -2.53. The molecule has 64 heavy (non-hydrogen) atoms. The molecule has 5 N–H and O–H groups in total. The Morgan fingerprint density at radius 1 is 0.750 bits per heavy atom. The maximum Gasteiger partial charge on any atom is 0.412 e. The van der Waals surface area contributed by atoms with Crippen LogP contribution in [0, 0.1) is 0 Å². The minimum absolute atomic E-state index is 0.0207. The van der Waals surface area contributed by atoms with Crippen molar-refractivity contribution in [1.29, 1.82) is 0 Å². The van der Waals surface area contributed by atoms with Crippen LogP contribution in [-0.4, -0.2) is 107 Å². The number of rotatable bonds is 20. The third kappa shape index (κ3) is 14.8. The van der Waals surface area contributed by atoms with E-state index < -0.39 is 64.2 Å². The molecule has 0 fully saturated rings. The fourth-order valence-electron chi connectivity index (χ4n) is 6.75. The van der Waals surface area contributed by atoms with E-state index in [4.69, 9.17) is 19.9 Å². The first-order valence-corrected chi connectivity index (χ1v) is 21.7. The number of thioether (sulfide) groups is 1. The van der Waals surface area contributed by atoms with E-state index in [9.17, 15) is 33.9 Å². The Morgan fingerprint density at radius 3 is 1.69 bits per heavy atom. The summed E-state index contributed by atoms with van der Waals surface area (Å²) in [5.41, 5.74) is 7.82. The molecule has 0 aromatic heterocycles. The first-order valence-electron chi connectivity index (χ1n) is 20.8. The summed E-state index contributed by atoms with van der Waals surface area (Å²) in [5.74, 6) is -1.76. The van der Waals surface area contributed by atoms with Gasteiger partial charge in [-0.25, -0.2) is 19.2 Å². The second-order valence-corrected chi connectivity index (χ2v) is 18.3. The molecule has 0 saturated carbocycles. The molecule has 4 rings (SSSR count). The molecule has 4 aromatic rings. The molecule has 15 nitrogen and oxygen atoms in total. The first-order chi connectivity index (χ1) is 30.2. The number of carbonyl (C=O) groups excluding carboxylic acids is 5. The Labute approximate surface area is 379 Å². The minimum atomic E-state index is -1.27. The van der Waals surface area contributed by atoms with Crippen LogP contribution in [0.1, 0.15) is 70.2 Å². The van der Waals surface area contributed by atoms with Crippen molar-refractivity contribution in [1.82, 2.24) is 20.4 Å². The van der Waals surface area contributed by atoms with Crippen molar-refractivity contribution >= 4 is 48.3 Å². The molecule has 16 heteroatoms. The molecule has 0 aliphatic rings. The summed E-state index contributed by atoms with van der Waals surface area (Å²) in [5, 5.41) is 14.7. The maximum absolute atomic E-state index is 13.4. The number of carboxylic acids is 1. The van der Waals surface area contributed by atoms with Gasteiger partial charge in [-0.3, -0.25) is 9.59 Å². The highest BCUT2D eigenvalue weighted by Crippen LogP contribution is 2.48. The lowest BCUT2D eigenvalue weighted by Gasteiger charge is -2.38. The highest BCUT2D eigenvalue weighted by molar-refractivity contribution is 8.00. The van der Waals surface area contributed by atoms with Crippen LogP contribution >= 0.6 is 11.8 Å². The molecule has 0 spiro atoms. The van der Waals surface area contributed by atoms with E-state index in [0.717, 1.165) is 16.7 Å². The molecule has 3 atom stereocenters. The standard InChI is InChI=1S/C48H59N5O10S/c1-46(2,3)62-44(59)51-39(42(56)57)29-33-23-25-38(26-24-33)61-43(58)50-28-27-37(52(7)45(60)63-47(4,5)6)30-53(32-54)40(41(49)55)31-64-48(34-17-11-8-12-18-34,35-19-13-9-14-20-35)36-21-15-10-16-22-36/h8-26,32,37,39-40H,27-31H2,1-7H3,(H2,49,55)(H,50,58)(H,51,59)(H,56,57). The molecular formula is C48H59N5O10S. The van der Waals surface area contributed by atoms with E-state index in [1.165, 1.54) is 40.7 Å². The smallest absolute Gasteiger partial charge is 0.412 e. The van der Waals surface area contributed by atoms with Crippen LogP contribution < -0.4 is 21.1 Å². The van der Waals surface area contributed by atoms with Crippen molar-refractivity contribution < 1.29 is 48.1 Å². The molecular weight excluding hydrogens is 839 g/mol. The van der Waals surface area contributed by atoms with Crippen molar-refractivity contribution in [2.75, 3.05) is 25.9 Å². The monoisotopic (exact) mass is 897 g/mol. The first kappa shape index (κ1) is 50.1. The topological polar surface area (TPSA) is 207 Å². The highest BCUT2D eigenvalue weighted by atomic mass is 32.2. The Kier molecular flexibility index (Phi) is 17.8. The molecule has 4 aromatic carbocycles. The average Bonchev–Trinajstić information content (AvgIpc) is 3.23. The van der Waals surface area contributed by atoms with Crippen molar-refractivity contribution in [3.05, 3.63) is 138 Å². The van der Waals surface area contributed by atoms with Gasteiger partial charge in [0.05, 0.1) is 10.8 Å². The van der Waals surface area contributed by atoms with Gasteiger partial charge in [0.2, 0.25) is 12.3 Å². The largest absolute Gasteiger partial charge is 0.480 e. The molecule has 5 amide bonds. The number of hydrogen-bond donors (Lipinski definition) is 4.